The lowest BCUT2D eigenvalue weighted by molar-refractivity contribution is -0.149. The lowest BCUT2D eigenvalue weighted by atomic mass is 10.3. The molecule has 1 N–H and O–H groups in total. The molecular formula is C19H21NO7S. The van der Waals surface area contributed by atoms with Crippen LogP contribution in [0.3, 0.4) is 0 Å². The van der Waals surface area contributed by atoms with Crippen LogP contribution in [0.5, 0.6) is 11.5 Å². The minimum atomic E-state index is -3.39. The molecule has 8 nitrogen and oxygen atoms in total. The highest BCUT2D eigenvalue weighted by Gasteiger charge is 2.11. The Hall–Kier alpha value is -3.07. The van der Waals surface area contributed by atoms with Crippen molar-refractivity contribution in [1.82, 2.24) is 0 Å². The third-order valence-electron chi connectivity index (χ3n) is 3.40. The topological polar surface area (TPSA) is 108 Å². The van der Waals surface area contributed by atoms with E-state index in [0.717, 1.165) is 6.26 Å². The minimum absolute atomic E-state index is 0.0750. The van der Waals surface area contributed by atoms with E-state index >= 15 is 0 Å². The number of hydrogen-bond acceptors (Lipinski definition) is 7. The van der Waals surface area contributed by atoms with E-state index in [4.69, 9.17) is 14.2 Å². The van der Waals surface area contributed by atoms with Gasteiger partial charge in [-0.2, -0.15) is 0 Å². The molecule has 0 spiro atoms. The number of amides is 1. The second-order valence-corrected chi connectivity index (χ2v) is 7.72. The summed E-state index contributed by atoms with van der Waals surface area (Å²) in [5, 5.41) is 2.47. The molecule has 2 rings (SSSR count). The number of rotatable bonds is 9. The first-order valence-corrected chi connectivity index (χ1v) is 10.3. The number of sulfone groups is 1. The summed E-state index contributed by atoms with van der Waals surface area (Å²) in [4.78, 5) is 23.6. The Kier molecular flexibility index (Phi) is 7.39. The molecule has 0 aromatic heterocycles. The summed E-state index contributed by atoms with van der Waals surface area (Å²) < 4.78 is 38.5. The molecule has 28 heavy (non-hydrogen) atoms. The van der Waals surface area contributed by atoms with Gasteiger partial charge in [0, 0.05) is 11.9 Å². The molecule has 150 valence electrons. The van der Waals surface area contributed by atoms with Gasteiger partial charge < -0.3 is 19.5 Å². The molecule has 0 fully saturated rings. The van der Waals surface area contributed by atoms with Crippen molar-refractivity contribution in [2.75, 3.05) is 31.4 Å². The van der Waals surface area contributed by atoms with Crippen LogP contribution in [0, 0.1) is 0 Å². The van der Waals surface area contributed by atoms with Crippen LogP contribution in [0.2, 0.25) is 0 Å². The first-order chi connectivity index (χ1) is 13.3. The number of benzene rings is 2. The number of carbonyl (C=O) groups is 2. The molecular weight excluding hydrogens is 386 g/mol. The number of hydrogen-bond donors (Lipinski definition) is 1. The van der Waals surface area contributed by atoms with Crippen LogP contribution in [0.1, 0.15) is 6.92 Å². The Morgan fingerprint density at radius 1 is 0.964 bits per heavy atom. The van der Waals surface area contributed by atoms with E-state index in [1.54, 1.807) is 24.3 Å². The fourth-order valence-electron chi connectivity index (χ4n) is 2.13. The highest BCUT2D eigenvalue weighted by Crippen LogP contribution is 2.17. The molecule has 0 saturated heterocycles. The molecule has 2 aromatic rings. The average molecular weight is 407 g/mol. The largest absolute Gasteiger partial charge is 0.494 e. The van der Waals surface area contributed by atoms with Gasteiger partial charge in [0.25, 0.3) is 5.91 Å². The van der Waals surface area contributed by atoms with Crippen molar-refractivity contribution in [1.29, 1.82) is 0 Å². The Bertz CT molecular complexity index is 924. The van der Waals surface area contributed by atoms with Crippen LogP contribution in [0.4, 0.5) is 5.69 Å². The zero-order chi connectivity index (χ0) is 20.6. The highest BCUT2D eigenvalue weighted by atomic mass is 32.2. The summed E-state index contributed by atoms with van der Waals surface area (Å²) in [6.07, 6.45) is 1.07. The van der Waals surface area contributed by atoms with E-state index < -0.39 is 28.3 Å². The SMILES string of the molecule is CCOc1ccc(OCC(=O)OCC(=O)Nc2cccc(S(C)(=O)=O)c2)cc1. The van der Waals surface area contributed by atoms with Crippen LogP contribution >= 0.6 is 0 Å². The van der Waals surface area contributed by atoms with Crippen LogP contribution in [0.15, 0.2) is 53.4 Å². The standard InChI is InChI=1S/C19H21NO7S/c1-3-25-15-7-9-16(10-8-15)26-13-19(22)27-12-18(21)20-14-5-4-6-17(11-14)28(2,23)24/h4-11H,3,12-13H2,1-2H3,(H,20,21). The smallest absolute Gasteiger partial charge is 0.344 e. The summed E-state index contributed by atoms with van der Waals surface area (Å²) in [7, 11) is -3.39. The molecule has 9 heteroatoms. The van der Waals surface area contributed by atoms with E-state index in [1.807, 2.05) is 6.92 Å². The summed E-state index contributed by atoms with van der Waals surface area (Å²) >= 11 is 0. The van der Waals surface area contributed by atoms with Gasteiger partial charge in [-0.15, -0.1) is 0 Å². The van der Waals surface area contributed by atoms with Gasteiger partial charge in [0.05, 0.1) is 11.5 Å². The maximum atomic E-state index is 11.9. The first kappa shape index (κ1) is 21.2. The molecule has 0 heterocycles. The van der Waals surface area contributed by atoms with Gasteiger partial charge in [0.2, 0.25) is 0 Å². The van der Waals surface area contributed by atoms with E-state index in [0.29, 0.717) is 18.1 Å². The maximum absolute atomic E-state index is 11.9. The van der Waals surface area contributed by atoms with Gasteiger partial charge in [-0.05, 0) is 49.4 Å². The first-order valence-electron chi connectivity index (χ1n) is 8.39. The molecule has 0 bridgehead atoms. The van der Waals surface area contributed by atoms with Crippen molar-refractivity contribution in [2.24, 2.45) is 0 Å². The normalized spacial score (nSPS) is 10.8. The lowest BCUT2D eigenvalue weighted by Crippen LogP contribution is -2.23. The van der Waals surface area contributed by atoms with Gasteiger partial charge >= 0.3 is 5.97 Å². The number of esters is 1. The Balaban J connectivity index is 1.77. The quantitative estimate of drug-likeness (QED) is 0.634. The van der Waals surface area contributed by atoms with E-state index in [1.165, 1.54) is 24.3 Å². The van der Waals surface area contributed by atoms with Gasteiger partial charge in [-0.1, -0.05) is 6.07 Å². The van der Waals surface area contributed by atoms with Crippen molar-refractivity contribution in [3.05, 3.63) is 48.5 Å². The maximum Gasteiger partial charge on any atom is 0.344 e. The third kappa shape index (κ3) is 6.92. The van der Waals surface area contributed by atoms with Gasteiger partial charge in [-0.3, -0.25) is 4.79 Å². The van der Waals surface area contributed by atoms with Crippen LogP contribution in [-0.4, -0.2) is 46.4 Å². The number of ether oxygens (including phenoxy) is 3. The van der Waals surface area contributed by atoms with Crippen molar-refractivity contribution in [2.45, 2.75) is 11.8 Å². The van der Waals surface area contributed by atoms with Crippen molar-refractivity contribution in [3.63, 3.8) is 0 Å². The Morgan fingerprint density at radius 3 is 2.21 bits per heavy atom. The molecule has 0 aliphatic carbocycles. The molecule has 0 atom stereocenters. The molecule has 0 aliphatic rings. The predicted molar refractivity (Wildman–Crippen MR) is 102 cm³/mol. The van der Waals surface area contributed by atoms with Crippen molar-refractivity contribution >= 4 is 27.4 Å². The Labute approximate surface area is 163 Å². The fourth-order valence-corrected chi connectivity index (χ4v) is 2.80. The van der Waals surface area contributed by atoms with E-state index in [9.17, 15) is 18.0 Å². The summed E-state index contributed by atoms with van der Waals surface area (Å²) in [5.41, 5.74) is 0.287. The van der Waals surface area contributed by atoms with Crippen LogP contribution < -0.4 is 14.8 Å². The zero-order valence-electron chi connectivity index (χ0n) is 15.5. The van der Waals surface area contributed by atoms with E-state index in [2.05, 4.69) is 5.32 Å². The second-order valence-electron chi connectivity index (χ2n) is 5.70. The summed E-state index contributed by atoms with van der Waals surface area (Å²) in [6, 6.07) is 12.5. The van der Waals surface area contributed by atoms with Crippen molar-refractivity contribution < 1.29 is 32.2 Å². The minimum Gasteiger partial charge on any atom is -0.494 e. The second kappa shape index (κ2) is 9.75. The summed E-state index contributed by atoms with van der Waals surface area (Å²) in [5.74, 6) is -0.162. The molecule has 2 aromatic carbocycles. The average Bonchev–Trinajstić information content (AvgIpc) is 2.65. The van der Waals surface area contributed by atoms with E-state index in [-0.39, 0.29) is 17.2 Å². The Morgan fingerprint density at radius 2 is 1.61 bits per heavy atom. The number of anilines is 1. The monoisotopic (exact) mass is 407 g/mol. The van der Waals surface area contributed by atoms with Crippen LogP contribution in [0.25, 0.3) is 0 Å². The molecule has 0 aliphatic heterocycles. The number of carbonyl (C=O) groups excluding carboxylic acids is 2. The highest BCUT2D eigenvalue weighted by molar-refractivity contribution is 7.90. The molecule has 0 unspecified atom stereocenters. The third-order valence-corrected chi connectivity index (χ3v) is 4.51. The predicted octanol–water partition coefficient (Wildman–Crippen LogP) is 2.05. The summed E-state index contributed by atoms with van der Waals surface area (Å²) in [6.45, 7) is 1.55. The lowest BCUT2D eigenvalue weighted by Gasteiger charge is -2.09. The fraction of sp³-hybridized carbons (Fsp3) is 0.263. The van der Waals surface area contributed by atoms with Crippen LogP contribution in [-0.2, 0) is 24.2 Å². The number of nitrogens with one attached hydrogen (secondary N) is 1. The molecule has 0 radical (unpaired) electrons. The van der Waals surface area contributed by atoms with Crippen molar-refractivity contribution in [3.8, 4) is 11.5 Å². The zero-order valence-corrected chi connectivity index (χ0v) is 16.3. The van der Waals surface area contributed by atoms with Gasteiger partial charge in [0.1, 0.15) is 11.5 Å². The molecule has 1 amide bonds. The van der Waals surface area contributed by atoms with Gasteiger partial charge in [-0.25, -0.2) is 13.2 Å². The van der Waals surface area contributed by atoms with Gasteiger partial charge in [0.15, 0.2) is 23.1 Å². The molecule has 0 saturated carbocycles.